The largest absolute Gasteiger partial charge is 0.392 e. The highest BCUT2D eigenvalue weighted by Crippen LogP contribution is 2.18. The highest BCUT2D eigenvalue weighted by molar-refractivity contribution is 5.59. The van der Waals surface area contributed by atoms with E-state index >= 15 is 0 Å². The minimum Gasteiger partial charge on any atom is -0.392 e. The van der Waals surface area contributed by atoms with Crippen LogP contribution in [-0.2, 0) is 4.79 Å². The topological polar surface area (TPSA) is 37.3 Å². The maximum Gasteiger partial charge on any atom is 0.207 e. The summed E-state index contributed by atoms with van der Waals surface area (Å²) >= 11 is 0. The first-order valence-electron chi connectivity index (χ1n) is 3.12. The zero-order valence-electron chi connectivity index (χ0n) is 6.14. The van der Waals surface area contributed by atoms with Gasteiger partial charge in [0, 0.05) is 0 Å². The van der Waals surface area contributed by atoms with Crippen molar-refractivity contribution >= 4 is 6.29 Å². The number of aliphatic hydroxyl groups excluding tert-OH is 1. The third-order valence-electron chi connectivity index (χ3n) is 1.48. The van der Waals surface area contributed by atoms with Crippen molar-refractivity contribution in [3.8, 4) is 0 Å². The van der Waals surface area contributed by atoms with Gasteiger partial charge in [-0.2, -0.15) is 0 Å². The van der Waals surface area contributed by atoms with Gasteiger partial charge in [-0.05, 0) is 20.3 Å². The molecular weight excluding hydrogens is 116 g/mol. The molecule has 0 spiro atoms. The lowest BCUT2D eigenvalue weighted by atomic mass is 9.87. The van der Waals surface area contributed by atoms with Gasteiger partial charge < -0.3 is 5.11 Å². The summed E-state index contributed by atoms with van der Waals surface area (Å²) in [6.07, 6.45) is 1.83. The molecule has 2 heteroatoms. The number of rotatable bonds is 3. The van der Waals surface area contributed by atoms with E-state index in [-0.39, 0.29) is 0 Å². The Kier molecular flexibility index (Phi) is 2.85. The van der Waals surface area contributed by atoms with Crippen LogP contribution >= 0.6 is 0 Å². The van der Waals surface area contributed by atoms with E-state index in [0.29, 0.717) is 6.42 Å². The van der Waals surface area contributed by atoms with Gasteiger partial charge in [-0.15, -0.1) is 0 Å². The SMILES string of the molecule is CCC(O)C(C)(C)[C]=O. The van der Waals surface area contributed by atoms with Crippen LogP contribution in [0.25, 0.3) is 0 Å². The van der Waals surface area contributed by atoms with Crippen LogP contribution in [0.5, 0.6) is 0 Å². The molecule has 0 fully saturated rings. The Morgan fingerprint density at radius 2 is 2.11 bits per heavy atom. The first-order valence-corrected chi connectivity index (χ1v) is 3.12. The number of aliphatic hydroxyl groups is 1. The summed E-state index contributed by atoms with van der Waals surface area (Å²) < 4.78 is 0. The molecule has 0 aromatic heterocycles. The molecule has 0 bridgehead atoms. The molecule has 2 nitrogen and oxygen atoms in total. The summed E-state index contributed by atoms with van der Waals surface area (Å²) in [5.74, 6) is 0. The molecule has 0 saturated carbocycles. The molecule has 0 aromatic rings. The van der Waals surface area contributed by atoms with Crippen molar-refractivity contribution in [1.29, 1.82) is 0 Å². The summed E-state index contributed by atoms with van der Waals surface area (Å²) in [5, 5.41) is 9.12. The van der Waals surface area contributed by atoms with E-state index in [4.69, 9.17) is 5.11 Å². The summed E-state index contributed by atoms with van der Waals surface area (Å²) in [5.41, 5.74) is -0.700. The van der Waals surface area contributed by atoms with Crippen molar-refractivity contribution in [3.05, 3.63) is 0 Å². The second kappa shape index (κ2) is 2.97. The van der Waals surface area contributed by atoms with Gasteiger partial charge >= 0.3 is 0 Å². The van der Waals surface area contributed by atoms with Crippen LogP contribution in [0.1, 0.15) is 27.2 Å². The van der Waals surface area contributed by atoms with Crippen LogP contribution in [0.4, 0.5) is 0 Å². The highest BCUT2D eigenvalue weighted by atomic mass is 16.3. The normalized spacial score (nSPS) is 15.1. The van der Waals surface area contributed by atoms with E-state index in [2.05, 4.69) is 0 Å². The quantitative estimate of drug-likeness (QED) is 0.614. The lowest BCUT2D eigenvalue weighted by molar-refractivity contribution is 0.0884. The van der Waals surface area contributed by atoms with Crippen LogP contribution in [0.3, 0.4) is 0 Å². The van der Waals surface area contributed by atoms with E-state index in [1.54, 1.807) is 20.1 Å². The molecular formula is C7H13O2. The smallest absolute Gasteiger partial charge is 0.207 e. The number of hydrogen-bond donors (Lipinski definition) is 1. The number of carbonyl (C=O) groups excluding carboxylic acids is 1. The van der Waals surface area contributed by atoms with E-state index < -0.39 is 11.5 Å². The number of hydrogen-bond acceptors (Lipinski definition) is 2. The average Bonchev–Trinajstić information content (AvgIpc) is 1.86. The van der Waals surface area contributed by atoms with Gasteiger partial charge in [0.25, 0.3) is 0 Å². The Morgan fingerprint density at radius 1 is 1.67 bits per heavy atom. The van der Waals surface area contributed by atoms with Crippen molar-refractivity contribution in [2.45, 2.75) is 33.3 Å². The minimum absolute atomic E-state index is 0.560. The van der Waals surface area contributed by atoms with E-state index in [9.17, 15) is 4.79 Å². The lowest BCUT2D eigenvalue weighted by Gasteiger charge is -2.21. The average molecular weight is 129 g/mol. The van der Waals surface area contributed by atoms with E-state index in [0.717, 1.165) is 0 Å². The second-order valence-corrected chi connectivity index (χ2v) is 2.75. The lowest BCUT2D eigenvalue weighted by Crippen LogP contribution is -2.29. The Morgan fingerprint density at radius 3 is 2.22 bits per heavy atom. The second-order valence-electron chi connectivity index (χ2n) is 2.75. The highest BCUT2D eigenvalue weighted by Gasteiger charge is 2.26. The van der Waals surface area contributed by atoms with Crippen molar-refractivity contribution < 1.29 is 9.90 Å². The summed E-state index contributed by atoms with van der Waals surface area (Å²) in [6, 6.07) is 0. The van der Waals surface area contributed by atoms with Gasteiger partial charge in [-0.1, -0.05) is 6.92 Å². The van der Waals surface area contributed by atoms with Gasteiger partial charge in [0.2, 0.25) is 6.29 Å². The molecule has 9 heavy (non-hydrogen) atoms. The first kappa shape index (κ1) is 8.63. The van der Waals surface area contributed by atoms with Crippen molar-refractivity contribution in [2.75, 3.05) is 0 Å². The predicted octanol–water partition coefficient (Wildman–Crippen LogP) is 0.893. The molecule has 0 rings (SSSR count). The standard InChI is InChI=1S/C7H13O2/c1-4-6(9)7(2,3)5-8/h6,9H,4H2,1-3H3. The summed E-state index contributed by atoms with van der Waals surface area (Å²) in [6.45, 7) is 5.19. The van der Waals surface area contributed by atoms with Gasteiger partial charge in [0.1, 0.15) is 0 Å². The maximum atomic E-state index is 10.1. The van der Waals surface area contributed by atoms with Gasteiger partial charge in [-0.25, -0.2) is 0 Å². The Hall–Kier alpha value is -0.370. The molecule has 1 radical (unpaired) electrons. The fraction of sp³-hybridized carbons (Fsp3) is 0.857. The molecule has 0 aliphatic carbocycles. The molecule has 0 aliphatic rings. The van der Waals surface area contributed by atoms with Crippen LogP contribution in [0, 0.1) is 5.41 Å². The zero-order chi connectivity index (χ0) is 7.49. The van der Waals surface area contributed by atoms with Crippen molar-refractivity contribution in [1.82, 2.24) is 0 Å². The Balaban J connectivity index is 3.95. The molecule has 0 amide bonds. The molecule has 53 valence electrons. The maximum absolute atomic E-state index is 10.1. The fourth-order valence-electron chi connectivity index (χ4n) is 0.578. The van der Waals surface area contributed by atoms with E-state index in [1.807, 2.05) is 6.92 Å². The molecule has 0 heterocycles. The molecule has 1 N–H and O–H groups in total. The predicted molar refractivity (Wildman–Crippen MR) is 35.8 cm³/mol. The first-order chi connectivity index (χ1) is 4.04. The summed E-state index contributed by atoms with van der Waals surface area (Å²) in [4.78, 5) is 10.1. The third kappa shape index (κ3) is 2.14. The monoisotopic (exact) mass is 129 g/mol. The van der Waals surface area contributed by atoms with E-state index in [1.165, 1.54) is 0 Å². The van der Waals surface area contributed by atoms with Gasteiger partial charge in [0.05, 0.1) is 11.5 Å². The summed E-state index contributed by atoms with van der Waals surface area (Å²) in [7, 11) is 0. The third-order valence-corrected chi connectivity index (χ3v) is 1.48. The zero-order valence-corrected chi connectivity index (χ0v) is 6.14. The van der Waals surface area contributed by atoms with Crippen molar-refractivity contribution in [2.24, 2.45) is 5.41 Å². The van der Waals surface area contributed by atoms with Gasteiger partial charge in [0.15, 0.2) is 0 Å². The molecule has 1 unspecified atom stereocenters. The fourth-order valence-corrected chi connectivity index (χ4v) is 0.578. The van der Waals surface area contributed by atoms with Crippen LogP contribution in [-0.4, -0.2) is 17.5 Å². The van der Waals surface area contributed by atoms with Crippen LogP contribution < -0.4 is 0 Å². The molecule has 1 atom stereocenters. The molecule has 0 aromatic carbocycles. The van der Waals surface area contributed by atoms with Gasteiger partial charge in [-0.3, -0.25) is 4.79 Å². The molecule has 0 saturated heterocycles. The van der Waals surface area contributed by atoms with Crippen LogP contribution in [0.15, 0.2) is 0 Å². The Labute approximate surface area is 55.9 Å². The Bertz CT molecular complexity index is 97.1. The molecule has 0 aliphatic heterocycles. The minimum atomic E-state index is -0.700. The van der Waals surface area contributed by atoms with Crippen molar-refractivity contribution in [3.63, 3.8) is 0 Å². The van der Waals surface area contributed by atoms with Crippen LogP contribution in [0.2, 0.25) is 0 Å².